The Morgan fingerprint density at radius 1 is 1.42 bits per heavy atom. The van der Waals surface area contributed by atoms with Gasteiger partial charge in [-0.1, -0.05) is 32.1 Å². The van der Waals surface area contributed by atoms with Crippen molar-refractivity contribution in [3.8, 4) is 0 Å². The molecule has 2 atom stereocenters. The molecule has 0 aliphatic heterocycles. The van der Waals surface area contributed by atoms with Crippen molar-refractivity contribution >= 4 is 0 Å². The molecule has 0 bridgehead atoms. The van der Waals surface area contributed by atoms with E-state index in [1.807, 2.05) is 6.08 Å². The van der Waals surface area contributed by atoms with Crippen molar-refractivity contribution in [3.63, 3.8) is 0 Å². The summed E-state index contributed by atoms with van der Waals surface area (Å²) in [5.74, 6) is 0.463. The standard InChI is InChI=1S/C11H21N/c1-5-8-9-11(6-2)10(4)12-7-3/h6,8-12H,2,5,7H2,1,3-4H3/b9-8-. The molecular formula is C11H21N. The van der Waals surface area contributed by atoms with Crippen LogP contribution in [0.3, 0.4) is 0 Å². The number of nitrogens with one attached hydrogen (secondary N) is 1. The van der Waals surface area contributed by atoms with Crippen LogP contribution in [0.25, 0.3) is 0 Å². The highest BCUT2D eigenvalue weighted by molar-refractivity contribution is 5.01. The molecule has 0 saturated carbocycles. The number of allylic oxidation sites excluding steroid dienone is 1. The van der Waals surface area contributed by atoms with Gasteiger partial charge in [0.05, 0.1) is 0 Å². The van der Waals surface area contributed by atoms with Gasteiger partial charge in [0.2, 0.25) is 0 Å². The summed E-state index contributed by atoms with van der Waals surface area (Å²) in [6, 6.07) is 0.496. The van der Waals surface area contributed by atoms with Gasteiger partial charge in [0, 0.05) is 12.0 Å². The van der Waals surface area contributed by atoms with Gasteiger partial charge >= 0.3 is 0 Å². The molecule has 1 heteroatoms. The molecule has 0 heterocycles. The summed E-state index contributed by atoms with van der Waals surface area (Å²) in [6.07, 6.45) is 7.52. The van der Waals surface area contributed by atoms with Crippen LogP contribution in [0, 0.1) is 5.92 Å². The molecule has 12 heavy (non-hydrogen) atoms. The van der Waals surface area contributed by atoms with Crippen LogP contribution in [0.4, 0.5) is 0 Å². The quantitative estimate of drug-likeness (QED) is 0.600. The molecule has 0 aromatic heterocycles. The summed E-state index contributed by atoms with van der Waals surface area (Å²) in [5.41, 5.74) is 0. The van der Waals surface area contributed by atoms with E-state index in [0.29, 0.717) is 12.0 Å². The largest absolute Gasteiger partial charge is 0.314 e. The van der Waals surface area contributed by atoms with Gasteiger partial charge in [0.1, 0.15) is 0 Å². The van der Waals surface area contributed by atoms with E-state index in [1.165, 1.54) is 0 Å². The third kappa shape index (κ3) is 4.35. The van der Waals surface area contributed by atoms with Gasteiger partial charge < -0.3 is 5.32 Å². The number of hydrogen-bond donors (Lipinski definition) is 1. The lowest BCUT2D eigenvalue weighted by atomic mass is 10.0. The third-order valence-electron chi connectivity index (χ3n) is 1.97. The average Bonchev–Trinajstić information content (AvgIpc) is 2.06. The topological polar surface area (TPSA) is 12.0 Å². The van der Waals surface area contributed by atoms with E-state index in [0.717, 1.165) is 13.0 Å². The molecule has 0 rings (SSSR count). The lowest BCUT2D eigenvalue weighted by Crippen LogP contribution is -2.31. The average molecular weight is 167 g/mol. The Balaban J connectivity index is 3.95. The van der Waals surface area contributed by atoms with Gasteiger partial charge in [-0.05, 0) is 19.9 Å². The third-order valence-corrected chi connectivity index (χ3v) is 1.97. The normalized spacial score (nSPS) is 16.2. The zero-order valence-corrected chi connectivity index (χ0v) is 8.51. The van der Waals surface area contributed by atoms with E-state index in [9.17, 15) is 0 Å². The van der Waals surface area contributed by atoms with Gasteiger partial charge in [0.25, 0.3) is 0 Å². The van der Waals surface area contributed by atoms with Crippen molar-refractivity contribution in [1.82, 2.24) is 5.32 Å². The molecule has 0 aliphatic carbocycles. The predicted octanol–water partition coefficient (Wildman–Crippen LogP) is 2.75. The highest BCUT2D eigenvalue weighted by Crippen LogP contribution is 2.07. The zero-order chi connectivity index (χ0) is 9.40. The highest BCUT2D eigenvalue weighted by Gasteiger charge is 2.07. The molecule has 0 amide bonds. The molecule has 2 unspecified atom stereocenters. The summed E-state index contributed by atoms with van der Waals surface area (Å²) in [6.45, 7) is 11.3. The van der Waals surface area contributed by atoms with Crippen LogP contribution in [-0.2, 0) is 0 Å². The van der Waals surface area contributed by atoms with Gasteiger partial charge in [0.15, 0.2) is 0 Å². The number of hydrogen-bond acceptors (Lipinski definition) is 1. The van der Waals surface area contributed by atoms with Crippen LogP contribution in [0.2, 0.25) is 0 Å². The van der Waals surface area contributed by atoms with E-state index < -0.39 is 0 Å². The van der Waals surface area contributed by atoms with Crippen molar-refractivity contribution in [2.75, 3.05) is 6.54 Å². The fourth-order valence-corrected chi connectivity index (χ4v) is 1.20. The first-order valence-corrected chi connectivity index (χ1v) is 4.78. The Kier molecular flexibility index (Phi) is 6.78. The Bertz CT molecular complexity index is 138. The molecule has 1 N–H and O–H groups in total. The molecule has 1 nitrogen and oxygen atoms in total. The van der Waals surface area contributed by atoms with Crippen LogP contribution in [0.5, 0.6) is 0 Å². The first-order chi connectivity index (χ1) is 5.76. The first-order valence-electron chi connectivity index (χ1n) is 4.78. The molecule has 0 radical (unpaired) electrons. The van der Waals surface area contributed by atoms with Gasteiger partial charge in [-0.2, -0.15) is 0 Å². The second-order valence-corrected chi connectivity index (χ2v) is 3.00. The molecule has 0 aliphatic rings. The highest BCUT2D eigenvalue weighted by atomic mass is 14.9. The lowest BCUT2D eigenvalue weighted by molar-refractivity contribution is 0.504. The molecule has 0 saturated heterocycles. The lowest BCUT2D eigenvalue weighted by Gasteiger charge is -2.17. The first kappa shape index (κ1) is 11.4. The molecule has 0 aromatic rings. The van der Waals surface area contributed by atoms with Crippen molar-refractivity contribution < 1.29 is 0 Å². The fourth-order valence-electron chi connectivity index (χ4n) is 1.20. The Morgan fingerprint density at radius 2 is 2.08 bits per heavy atom. The van der Waals surface area contributed by atoms with Crippen molar-refractivity contribution in [2.24, 2.45) is 5.92 Å². The Morgan fingerprint density at radius 3 is 2.50 bits per heavy atom. The van der Waals surface area contributed by atoms with Crippen molar-refractivity contribution in [2.45, 2.75) is 33.2 Å². The van der Waals surface area contributed by atoms with Crippen LogP contribution in [-0.4, -0.2) is 12.6 Å². The fraction of sp³-hybridized carbons (Fsp3) is 0.636. The predicted molar refractivity (Wildman–Crippen MR) is 56.3 cm³/mol. The SMILES string of the molecule is C=CC(/C=C\CC)C(C)NCC. The Labute approximate surface area is 76.6 Å². The Hall–Kier alpha value is -0.560. The van der Waals surface area contributed by atoms with Crippen LogP contribution in [0.1, 0.15) is 27.2 Å². The second kappa shape index (κ2) is 7.11. The summed E-state index contributed by atoms with van der Waals surface area (Å²) < 4.78 is 0. The molecule has 70 valence electrons. The van der Waals surface area contributed by atoms with E-state index in [2.05, 4.69) is 44.8 Å². The van der Waals surface area contributed by atoms with Crippen molar-refractivity contribution in [3.05, 3.63) is 24.8 Å². The molecule has 0 aromatic carbocycles. The zero-order valence-electron chi connectivity index (χ0n) is 8.51. The minimum atomic E-state index is 0.463. The van der Waals surface area contributed by atoms with E-state index in [1.54, 1.807) is 0 Å². The minimum absolute atomic E-state index is 0.463. The molecule has 0 spiro atoms. The van der Waals surface area contributed by atoms with E-state index in [4.69, 9.17) is 0 Å². The van der Waals surface area contributed by atoms with Crippen LogP contribution in [0.15, 0.2) is 24.8 Å². The van der Waals surface area contributed by atoms with Crippen LogP contribution >= 0.6 is 0 Å². The van der Waals surface area contributed by atoms with Gasteiger partial charge in [-0.25, -0.2) is 0 Å². The molecule has 0 fully saturated rings. The van der Waals surface area contributed by atoms with Gasteiger partial charge in [-0.3, -0.25) is 0 Å². The summed E-state index contributed by atoms with van der Waals surface area (Å²) in [7, 11) is 0. The summed E-state index contributed by atoms with van der Waals surface area (Å²) >= 11 is 0. The minimum Gasteiger partial charge on any atom is -0.314 e. The van der Waals surface area contributed by atoms with Crippen LogP contribution < -0.4 is 5.32 Å². The maximum atomic E-state index is 3.83. The number of rotatable bonds is 6. The summed E-state index contributed by atoms with van der Waals surface area (Å²) in [5, 5.41) is 3.38. The monoisotopic (exact) mass is 167 g/mol. The second-order valence-electron chi connectivity index (χ2n) is 3.00. The maximum Gasteiger partial charge on any atom is 0.0136 e. The van der Waals surface area contributed by atoms with Gasteiger partial charge in [-0.15, -0.1) is 6.58 Å². The smallest absolute Gasteiger partial charge is 0.0136 e. The van der Waals surface area contributed by atoms with E-state index in [-0.39, 0.29) is 0 Å². The maximum absolute atomic E-state index is 3.83. The van der Waals surface area contributed by atoms with Crippen molar-refractivity contribution in [1.29, 1.82) is 0 Å². The molecular weight excluding hydrogens is 146 g/mol. The summed E-state index contributed by atoms with van der Waals surface area (Å²) in [4.78, 5) is 0. The van der Waals surface area contributed by atoms with E-state index >= 15 is 0 Å².